The van der Waals surface area contributed by atoms with Gasteiger partial charge in [-0.1, -0.05) is 0 Å². The summed E-state index contributed by atoms with van der Waals surface area (Å²) in [6.07, 6.45) is 0. The Morgan fingerprint density at radius 2 is 2.00 bits per heavy atom. The van der Waals surface area contributed by atoms with E-state index >= 15 is 0 Å². The molecule has 2 amide bonds. The van der Waals surface area contributed by atoms with Gasteiger partial charge in [0, 0.05) is 26.2 Å². The molecular formula is C13H20N4O4. The smallest absolute Gasteiger partial charge is 0.339 e. The van der Waals surface area contributed by atoms with Crippen molar-refractivity contribution in [1.29, 1.82) is 0 Å². The number of carboxylic acid groups (broad SMARTS) is 1. The van der Waals surface area contributed by atoms with Crippen molar-refractivity contribution in [1.82, 2.24) is 20.7 Å². The van der Waals surface area contributed by atoms with E-state index in [2.05, 4.69) is 15.6 Å². The molecule has 1 aliphatic rings. The molecule has 8 heteroatoms. The SMILES string of the molecule is Cc1oc(CNC(=O)NN2CCN(C)CC2)cc1C(=O)O. The highest BCUT2D eigenvalue weighted by atomic mass is 16.4. The van der Waals surface area contributed by atoms with E-state index in [-0.39, 0.29) is 18.1 Å². The summed E-state index contributed by atoms with van der Waals surface area (Å²) in [6.45, 7) is 5.07. The molecule has 1 aromatic heterocycles. The summed E-state index contributed by atoms with van der Waals surface area (Å²) in [4.78, 5) is 24.8. The van der Waals surface area contributed by atoms with Crippen LogP contribution >= 0.6 is 0 Å². The number of hydrogen-bond acceptors (Lipinski definition) is 5. The maximum absolute atomic E-state index is 11.8. The quantitative estimate of drug-likeness (QED) is 0.736. The van der Waals surface area contributed by atoms with E-state index in [1.165, 1.54) is 6.07 Å². The fraction of sp³-hybridized carbons (Fsp3) is 0.538. The Bertz CT molecular complexity index is 520. The number of rotatable bonds is 4. The molecule has 0 aromatic carbocycles. The van der Waals surface area contributed by atoms with Crippen molar-refractivity contribution in [2.45, 2.75) is 13.5 Å². The molecule has 0 saturated carbocycles. The predicted octanol–water partition coefficient (Wildman–Crippen LogP) is 0.248. The summed E-state index contributed by atoms with van der Waals surface area (Å²) in [5.41, 5.74) is 2.87. The van der Waals surface area contributed by atoms with E-state index < -0.39 is 5.97 Å². The van der Waals surface area contributed by atoms with Crippen molar-refractivity contribution in [3.05, 3.63) is 23.2 Å². The normalized spacial score (nSPS) is 16.7. The highest BCUT2D eigenvalue weighted by Crippen LogP contribution is 2.14. The molecule has 0 atom stereocenters. The van der Waals surface area contributed by atoms with Gasteiger partial charge in [-0.05, 0) is 20.0 Å². The van der Waals surface area contributed by atoms with Gasteiger partial charge in [0.05, 0.1) is 6.54 Å². The lowest BCUT2D eigenvalue weighted by atomic mass is 10.2. The van der Waals surface area contributed by atoms with Gasteiger partial charge in [0.15, 0.2) is 0 Å². The molecule has 0 unspecified atom stereocenters. The van der Waals surface area contributed by atoms with Gasteiger partial charge in [-0.25, -0.2) is 14.6 Å². The second-order valence-corrected chi connectivity index (χ2v) is 5.07. The van der Waals surface area contributed by atoms with E-state index in [1.54, 1.807) is 6.92 Å². The van der Waals surface area contributed by atoms with Crippen LogP contribution in [0.1, 0.15) is 21.9 Å². The molecule has 0 bridgehead atoms. The maximum atomic E-state index is 11.8. The summed E-state index contributed by atoms with van der Waals surface area (Å²) < 4.78 is 5.29. The Kier molecular flexibility index (Phi) is 4.81. The number of aromatic carboxylic acids is 1. The van der Waals surface area contributed by atoms with Gasteiger partial charge >= 0.3 is 12.0 Å². The molecule has 0 spiro atoms. The van der Waals surface area contributed by atoms with Crippen molar-refractivity contribution < 1.29 is 19.1 Å². The van der Waals surface area contributed by atoms with Crippen molar-refractivity contribution >= 4 is 12.0 Å². The number of piperazine rings is 1. The molecule has 116 valence electrons. The standard InChI is InChI=1S/C13H20N4O4/c1-9-11(12(18)19)7-10(21-9)8-14-13(20)15-17-5-3-16(2)4-6-17/h7H,3-6,8H2,1-2H3,(H,18,19)(H2,14,15,20). The van der Waals surface area contributed by atoms with E-state index in [9.17, 15) is 9.59 Å². The Labute approximate surface area is 122 Å². The van der Waals surface area contributed by atoms with Crippen molar-refractivity contribution in [2.24, 2.45) is 0 Å². The number of hydrazine groups is 1. The molecule has 21 heavy (non-hydrogen) atoms. The molecule has 2 rings (SSSR count). The number of likely N-dealkylation sites (N-methyl/N-ethyl adjacent to an activating group) is 1. The van der Waals surface area contributed by atoms with Crippen LogP contribution in [0, 0.1) is 6.92 Å². The minimum absolute atomic E-state index is 0.117. The second kappa shape index (κ2) is 6.59. The summed E-state index contributed by atoms with van der Waals surface area (Å²) in [6, 6.07) is 1.10. The zero-order valence-corrected chi connectivity index (χ0v) is 12.2. The fourth-order valence-electron chi connectivity index (χ4n) is 2.11. The minimum atomic E-state index is -1.04. The van der Waals surface area contributed by atoms with Crippen LogP contribution in [0.2, 0.25) is 0 Å². The number of hydrogen-bond donors (Lipinski definition) is 3. The first kappa shape index (κ1) is 15.3. The molecule has 3 N–H and O–H groups in total. The van der Waals surface area contributed by atoms with E-state index in [4.69, 9.17) is 9.52 Å². The van der Waals surface area contributed by atoms with Crippen LogP contribution in [0.4, 0.5) is 4.79 Å². The Hall–Kier alpha value is -2.06. The molecular weight excluding hydrogens is 276 g/mol. The van der Waals surface area contributed by atoms with Crippen LogP contribution < -0.4 is 10.7 Å². The first-order chi connectivity index (χ1) is 9.95. The summed E-state index contributed by atoms with van der Waals surface area (Å²) >= 11 is 0. The average Bonchev–Trinajstić information content (AvgIpc) is 2.81. The van der Waals surface area contributed by atoms with Gasteiger partial charge < -0.3 is 19.7 Å². The molecule has 2 heterocycles. The van der Waals surface area contributed by atoms with Crippen LogP contribution in [-0.2, 0) is 6.54 Å². The lowest BCUT2D eigenvalue weighted by molar-refractivity contribution is 0.0695. The third-order valence-corrected chi connectivity index (χ3v) is 3.39. The Morgan fingerprint density at radius 1 is 1.33 bits per heavy atom. The van der Waals surface area contributed by atoms with Gasteiger partial charge in [-0.2, -0.15) is 0 Å². The van der Waals surface area contributed by atoms with Crippen LogP contribution in [0.25, 0.3) is 0 Å². The largest absolute Gasteiger partial charge is 0.478 e. The molecule has 8 nitrogen and oxygen atoms in total. The van der Waals surface area contributed by atoms with Crippen molar-refractivity contribution in [2.75, 3.05) is 33.2 Å². The van der Waals surface area contributed by atoms with Gasteiger partial charge in [-0.3, -0.25) is 5.43 Å². The lowest BCUT2D eigenvalue weighted by Gasteiger charge is -2.32. The Morgan fingerprint density at radius 3 is 2.57 bits per heavy atom. The zero-order chi connectivity index (χ0) is 15.4. The molecule has 1 saturated heterocycles. The molecule has 0 aliphatic carbocycles. The van der Waals surface area contributed by atoms with Gasteiger partial charge in [-0.15, -0.1) is 0 Å². The first-order valence-electron chi connectivity index (χ1n) is 6.76. The van der Waals surface area contributed by atoms with Crippen LogP contribution in [0.3, 0.4) is 0 Å². The van der Waals surface area contributed by atoms with Crippen LogP contribution in [0.15, 0.2) is 10.5 Å². The third-order valence-electron chi connectivity index (χ3n) is 3.39. The molecule has 1 aromatic rings. The topological polar surface area (TPSA) is 98.1 Å². The highest BCUT2D eigenvalue weighted by Gasteiger charge is 2.17. The minimum Gasteiger partial charge on any atom is -0.478 e. The number of aryl methyl sites for hydroxylation is 1. The number of nitrogens with zero attached hydrogens (tertiary/aromatic N) is 2. The number of carbonyl (C=O) groups excluding carboxylic acids is 1. The zero-order valence-electron chi connectivity index (χ0n) is 12.2. The summed E-state index contributed by atoms with van der Waals surface area (Å²) in [5.74, 6) is -0.290. The number of urea groups is 1. The summed E-state index contributed by atoms with van der Waals surface area (Å²) in [7, 11) is 2.04. The number of amides is 2. The van der Waals surface area contributed by atoms with E-state index in [1.807, 2.05) is 12.1 Å². The second-order valence-electron chi connectivity index (χ2n) is 5.07. The van der Waals surface area contributed by atoms with E-state index in [0.29, 0.717) is 11.5 Å². The first-order valence-corrected chi connectivity index (χ1v) is 6.76. The monoisotopic (exact) mass is 296 g/mol. The van der Waals surface area contributed by atoms with Crippen LogP contribution in [0.5, 0.6) is 0 Å². The number of furan rings is 1. The molecule has 1 aliphatic heterocycles. The predicted molar refractivity (Wildman–Crippen MR) is 74.8 cm³/mol. The number of carbonyl (C=O) groups is 2. The van der Waals surface area contributed by atoms with Gasteiger partial charge in [0.2, 0.25) is 0 Å². The average molecular weight is 296 g/mol. The lowest BCUT2D eigenvalue weighted by Crippen LogP contribution is -2.54. The Balaban J connectivity index is 1.78. The summed E-state index contributed by atoms with van der Waals surface area (Å²) in [5, 5.41) is 13.4. The highest BCUT2D eigenvalue weighted by molar-refractivity contribution is 5.88. The van der Waals surface area contributed by atoms with Crippen LogP contribution in [-0.4, -0.2) is 60.2 Å². The van der Waals surface area contributed by atoms with E-state index in [0.717, 1.165) is 26.2 Å². The van der Waals surface area contributed by atoms with Gasteiger partial charge in [0.1, 0.15) is 17.1 Å². The maximum Gasteiger partial charge on any atom is 0.339 e. The molecule has 1 fully saturated rings. The number of carboxylic acids is 1. The van der Waals surface area contributed by atoms with Crippen molar-refractivity contribution in [3.8, 4) is 0 Å². The fourth-order valence-corrected chi connectivity index (χ4v) is 2.11. The van der Waals surface area contributed by atoms with Gasteiger partial charge in [0.25, 0.3) is 0 Å². The van der Waals surface area contributed by atoms with Crippen molar-refractivity contribution in [3.63, 3.8) is 0 Å². The third kappa shape index (κ3) is 4.20. The number of nitrogens with one attached hydrogen (secondary N) is 2. The molecule has 0 radical (unpaired) electrons.